The number of carboxylic acid groups (broad SMARTS) is 1. The van der Waals surface area contributed by atoms with Gasteiger partial charge >= 0.3 is 5.97 Å². The van der Waals surface area contributed by atoms with Crippen molar-refractivity contribution in [2.24, 2.45) is 5.92 Å². The van der Waals surface area contributed by atoms with Crippen LogP contribution in [0.2, 0.25) is 0 Å². The lowest BCUT2D eigenvalue weighted by atomic mass is 9.83. The van der Waals surface area contributed by atoms with E-state index >= 15 is 0 Å². The van der Waals surface area contributed by atoms with E-state index in [-0.39, 0.29) is 6.04 Å². The molecule has 3 heteroatoms. The Bertz CT molecular complexity index is 235. The van der Waals surface area contributed by atoms with Gasteiger partial charge in [0.25, 0.3) is 0 Å². The molecular weight excluding hydrogens is 226 g/mol. The molecule has 0 aromatic carbocycles. The summed E-state index contributed by atoms with van der Waals surface area (Å²) in [5.74, 6) is 0.200. The highest BCUT2D eigenvalue weighted by molar-refractivity contribution is 5.73. The third kappa shape index (κ3) is 5.38. The molecule has 0 heterocycles. The monoisotopic (exact) mass is 255 g/mol. The van der Waals surface area contributed by atoms with Crippen LogP contribution in [0.5, 0.6) is 0 Å². The van der Waals surface area contributed by atoms with Gasteiger partial charge in [-0.1, -0.05) is 39.5 Å². The van der Waals surface area contributed by atoms with Crippen LogP contribution in [0.3, 0.4) is 0 Å². The van der Waals surface area contributed by atoms with Crippen LogP contribution in [-0.4, -0.2) is 23.2 Å². The van der Waals surface area contributed by atoms with Crippen molar-refractivity contribution in [1.82, 2.24) is 5.32 Å². The predicted molar refractivity (Wildman–Crippen MR) is 74.7 cm³/mol. The van der Waals surface area contributed by atoms with Gasteiger partial charge in [-0.25, -0.2) is 0 Å². The first-order valence-electron chi connectivity index (χ1n) is 7.66. The van der Waals surface area contributed by atoms with E-state index in [1.54, 1.807) is 0 Å². The number of carboxylic acids is 1. The Morgan fingerprint density at radius 1 is 1.22 bits per heavy atom. The summed E-state index contributed by atoms with van der Waals surface area (Å²) in [7, 11) is 0. The molecule has 0 radical (unpaired) electrons. The van der Waals surface area contributed by atoms with E-state index in [9.17, 15) is 9.90 Å². The molecule has 2 N–H and O–H groups in total. The second-order valence-corrected chi connectivity index (χ2v) is 5.71. The van der Waals surface area contributed by atoms with Crippen molar-refractivity contribution >= 4 is 5.97 Å². The Kier molecular flexibility index (Phi) is 7.33. The van der Waals surface area contributed by atoms with Crippen molar-refractivity contribution in [3.05, 3.63) is 0 Å². The predicted octanol–water partition coefficient (Wildman–Crippen LogP) is 3.58. The molecule has 0 amide bonds. The average Bonchev–Trinajstić information content (AvgIpc) is 2.36. The Hall–Kier alpha value is -0.570. The van der Waals surface area contributed by atoms with Crippen LogP contribution in [-0.2, 0) is 4.79 Å². The summed E-state index contributed by atoms with van der Waals surface area (Å²) in [4.78, 5) is 11.2. The summed E-state index contributed by atoms with van der Waals surface area (Å²) < 4.78 is 0. The normalized spacial score (nSPS) is 25.9. The molecule has 1 unspecified atom stereocenters. The van der Waals surface area contributed by atoms with Gasteiger partial charge in [0.15, 0.2) is 0 Å². The summed E-state index contributed by atoms with van der Waals surface area (Å²) in [6.07, 6.45) is 10.3. The van der Waals surface area contributed by atoms with Crippen molar-refractivity contribution in [3.63, 3.8) is 0 Å². The molecule has 0 aliphatic heterocycles. The Morgan fingerprint density at radius 2 is 1.89 bits per heavy atom. The molecule has 1 aliphatic carbocycles. The first kappa shape index (κ1) is 15.5. The Labute approximate surface area is 111 Å². The summed E-state index contributed by atoms with van der Waals surface area (Å²) in [6.45, 7) is 4.35. The second kappa shape index (κ2) is 8.52. The van der Waals surface area contributed by atoms with E-state index in [0.717, 1.165) is 38.0 Å². The molecule has 1 saturated carbocycles. The van der Waals surface area contributed by atoms with E-state index in [1.807, 2.05) is 0 Å². The van der Waals surface area contributed by atoms with Crippen LogP contribution in [0.1, 0.15) is 71.6 Å². The molecule has 106 valence electrons. The van der Waals surface area contributed by atoms with Gasteiger partial charge < -0.3 is 10.4 Å². The van der Waals surface area contributed by atoms with Gasteiger partial charge in [-0.3, -0.25) is 4.79 Å². The largest absolute Gasteiger partial charge is 0.480 e. The topological polar surface area (TPSA) is 49.3 Å². The van der Waals surface area contributed by atoms with Crippen LogP contribution in [0.4, 0.5) is 0 Å². The molecule has 1 rings (SSSR count). The molecule has 1 aliphatic rings. The third-order valence-electron chi connectivity index (χ3n) is 4.13. The van der Waals surface area contributed by atoms with Gasteiger partial charge in [-0.05, 0) is 38.0 Å². The number of hydrogen-bond donors (Lipinski definition) is 2. The molecule has 1 fully saturated rings. The minimum Gasteiger partial charge on any atom is -0.480 e. The lowest BCUT2D eigenvalue weighted by Crippen LogP contribution is -2.44. The molecule has 0 bridgehead atoms. The standard InChI is InChI=1S/C15H29NO2/c1-3-5-7-14(15(17)18)16-13-10-8-12(6-4-2)9-11-13/h12-14,16H,3-11H2,1-2H3,(H,17,18). The first-order valence-corrected chi connectivity index (χ1v) is 7.66. The lowest BCUT2D eigenvalue weighted by molar-refractivity contribution is -0.140. The summed E-state index contributed by atoms with van der Waals surface area (Å²) >= 11 is 0. The van der Waals surface area contributed by atoms with Crippen molar-refractivity contribution in [2.75, 3.05) is 0 Å². The van der Waals surface area contributed by atoms with Gasteiger partial charge in [0.05, 0.1) is 0 Å². The molecule has 0 aromatic heterocycles. The van der Waals surface area contributed by atoms with E-state index in [4.69, 9.17) is 0 Å². The fourth-order valence-corrected chi connectivity index (χ4v) is 3.00. The highest BCUT2D eigenvalue weighted by Gasteiger charge is 2.25. The van der Waals surface area contributed by atoms with Crippen LogP contribution in [0.15, 0.2) is 0 Å². The maximum absolute atomic E-state index is 11.2. The number of nitrogens with one attached hydrogen (secondary N) is 1. The average molecular weight is 255 g/mol. The molecule has 0 aromatic rings. The minimum atomic E-state index is -0.681. The minimum absolute atomic E-state index is 0.335. The van der Waals surface area contributed by atoms with Crippen molar-refractivity contribution < 1.29 is 9.90 Å². The zero-order valence-corrected chi connectivity index (χ0v) is 12.0. The van der Waals surface area contributed by atoms with Crippen LogP contribution in [0, 0.1) is 5.92 Å². The summed E-state index contributed by atoms with van der Waals surface area (Å²) in [5.41, 5.74) is 0. The Balaban J connectivity index is 2.30. The fourth-order valence-electron chi connectivity index (χ4n) is 3.00. The molecule has 1 atom stereocenters. The van der Waals surface area contributed by atoms with Crippen LogP contribution >= 0.6 is 0 Å². The SMILES string of the molecule is CCCCC(NC1CCC(CCC)CC1)C(=O)O. The highest BCUT2D eigenvalue weighted by Crippen LogP contribution is 2.28. The molecule has 0 saturated heterocycles. The number of hydrogen-bond acceptors (Lipinski definition) is 2. The number of rotatable bonds is 8. The van der Waals surface area contributed by atoms with Crippen molar-refractivity contribution in [1.29, 1.82) is 0 Å². The number of unbranched alkanes of at least 4 members (excludes halogenated alkanes) is 1. The van der Waals surface area contributed by atoms with Crippen molar-refractivity contribution in [3.8, 4) is 0 Å². The highest BCUT2D eigenvalue weighted by atomic mass is 16.4. The quantitative estimate of drug-likeness (QED) is 0.697. The zero-order chi connectivity index (χ0) is 13.4. The van der Waals surface area contributed by atoms with Crippen molar-refractivity contribution in [2.45, 2.75) is 83.7 Å². The maximum atomic E-state index is 11.2. The van der Waals surface area contributed by atoms with Gasteiger partial charge in [0.2, 0.25) is 0 Å². The lowest BCUT2D eigenvalue weighted by Gasteiger charge is -2.31. The fraction of sp³-hybridized carbons (Fsp3) is 0.933. The van der Waals surface area contributed by atoms with E-state index in [0.29, 0.717) is 6.04 Å². The first-order chi connectivity index (χ1) is 8.67. The molecular formula is C15H29NO2. The van der Waals surface area contributed by atoms with Gasteiger partial charge in [0, 0.05) is 6.04 Å². The number of carbonyl (C=O) groups is 1. The van der Waals surface area contributed by atoms with Crippen LogP contribution < -0.4 is 5.32 Å². The van der Waals surface area contributed by atoms with E-state index in [2.05, 4.69) is 19.2 Å². The second-order valence-electron chi connectivity index (χ2n) is 5.71. The zero-order valence-electron chi connectivity index (χ0n) is 12.0. The van der Waals surface area contributed by atoms with Gasteiger partial charge in [0.1, 0.15) is 6.04 Å². The van der Waals surface area contributed by atoms with Crippen LogP contribution in [0.25, 0.3) is 0 Å². The molecule has 0 spiro atoms. The molecule has 3 nitrogen and oxygen atoms in total. The Morgan fingerprint density at radius 3 is 2.39 bits per heavy atom. The summed E-state index contributed by atoms with van der Waals surface area (Å²) in [6, 6.07) is 0.0914. The number of aliphatic carboxylic acids is 1. The van der Waals surface area contributed by atoms with Gasteiger partial charge in [-0.2, -0.15) is 0 Å². The smallest absolute Gasteiger partial charge is 0.320 e. The molecule has 18 heavy (non-hydrogen) atoms. The summed E-state index contributed by atoms with van der Waals surface area (Å²) in [5, 5.41) is 12.6. The maximum Gasteiger partial charge on any atom is 0.320 e. The van der Waals surface area contributed by atoms with E-state index < -0.39 is 5.97 Å². The van der Waals surface area contributed by atoms with E-state index in [1.165, 1.54) is 25.7 Å². The third-order valence-corrected chi connectivity index (χ3v) is 4.13. The van der Waals surface area contributed by atoms with Gasteiger partial charge in [-0.15, -0.1) is 0 Å².